The highest BCUT2D eigenvalue weighted by Gasteiger charge is 2.54. The number of sulfonamides is 1. The van der Waals surface area contributed by atoms with Crippen LogP contribution in [-0.2, 0) is 25.6 Å². The lowest BCUT2D eigenvalue weighted by atomic mass is 10.0. The normalized spacial score (nSPS) is 25.9. The van der Waals surface area contributed by atoms with E-state index in [4.69, 9.17) is 4.74 Å². The van der Waals surface area contributed by atoms with Gasteiger partial charge in [0.25, 0.3) is 0 Å². The van der Waals surface area contributed by atoms with Crippen LogP contribution in [0.25, 0.3) is 0 Å². The second-order valence-electron chi connectivity index (χ2n) is 7.46. The van der Waals surface area contributed by atoms with E-state index in [1.54, 1.807) is 17.0 Å². The van der Waals surface area contributed by atoms with Gasteiger partial charge in [0.1, 0.15) is 16.4 Å². The number of piperidine rings is 1. The molecule has 2 aliphatic heterocycles. The van der Waals surface area contributed by atoms with Gasteiger partial charge in [0.2, 0.25) is 15.9 Å². The molecule has 1 spiro atoms. The first-order valence-electron chi connectivity index (χ1n) is 9.20. The van der Waals surface area contributed by atoms with Gasteiger partial charge in [-0.25, -0.2) is 8.42 Å². The molecule has 3 fully saturated rings. The molecule has 0 bridgehead atoms. The van der Waals surface area contributed by atoms with Crippen LogP contribution in [0, 0.1) is 5.92 Å². The van der Waals surface area contributed by atoms with Crippen molar-refractivity contribution in [2.75, 3.05) is 32.5 Å². The monoisotopic (exact) mass is 412 g/mol. The molecular weight excluding hydrogens is 388 g/mol. The number of carbonyl (C=O) groups excluding carboxylic acids is 1. The van der Waals surface area contributed by atoms with E-state index >= 15 is 0 Å². The van der Waals surface area contributed by atoms with Crippen molar-refractivity contribution in [3.63, 3.8) is 0 Å². The van der Waals surface area contributed by atoms with Crippen LogP contribution < -0.4 is 4.74 Å². The third kappa shape index (κ3) is 3.30. The van der Waals surface area contributed by atoms with E-state index in [1.165, 1.54) is 23.5 Å². The fourth-order valence-corrected chi connectivity index (χ4v) is 7.12. The quantitative estimate of drug-likeness (QED) is 0.725. The lowest BCUT2D eigenvalue weighted by Gasteiger charge is -2.43. The maximum Gasteiger partial charge on any atom is 0.243 e. The molecule has 0 N–H and O–H groups in total. The van der Waals surface area contributed by atoms with Gasteiger partial charge in [0.15, 0.2) is 0 Å². The Hall–Kier alpha value is -1.45. The summed E-state index contributed by atoms with van der Waals surface area (Å²) >= 11 is 0. The molecule has 2 heterocycles. The van der Waals surface area contributed by atoms with Crippen molar-refractivity contribution in [1.82, 2.24) is 9.21 Å². The Balaban J connectivity index is 1.51. The van der Waals surface area contributed by atoms with Crippen molar-refractivity contribution in [3.05, 3.63) is 24.3 Å². The van der Waals surface area contributed by atoms with Gasteiger partial charge >= 0.3 is 0 Å². The van der Waals surface area contributed by atoms with E-state index in [0.29, 0.717) is 31.1 Å². The zero-order chi connectivity index (χ0) is 19.2. The van der Waals surface area contributed by atoms with Crippen LogP contribution in [0.2, 0.25) is 0 Å². The molecule has 0 aromatic heterocycles. The Labute approximate surface area is 162 Å². The summed E-state index contributed by atoms with van der Waals surface area (Å²) in [5.41, 5.74) is 0. The summed E-state index contributed by atoms with van der Waals surface area (Å²) in [4.78, 5) is 13.7. The van der Waals surface area contributed by atoms with Crippen molar-refractivity contribution < 1.29 is 22.2 Å². The molecule has 1 aliphatic carbocycles. The minimum Gasteiger partial charge on any atom is -0.497 e. The van der Waals surface area contributed by atoms with E-state index in [-0.39, 0.29) is 29.6 Å². The highest BCUT2D eigenvalue weighted by Crippen LogP contribution is 2.42. The van der Waals surface area contributed by atoms with Gasteiger partial charge in [0.05, 0.1) is 22.8 Å². The highest BCUT2D eigenvalue weighted by molar-refractivity contribution is 7.89. The zero-order valence-corrected chi connectivity index (χ0v) is 16.9. The lowest BCUT2D eigenvalue weighted by molar-refractivity contribution is -0.131. The molecule has 148 valence electrons. The molecule has 1 amide bonds. The Morgan fingerprint density at radius 1 is 1.19 bits per heavy atom. The number of hydrogen-bond acceptors (Lipinski definition) is 5. The molecule has 9 heteroatoms. The summed E-state index contributed by atoms with van der Waals surface area (Å²) in [7, 11) is -3.35. The van der Waals surface area contributed by atoms with Gasteiger partial charge in [0, 0.05) is 19.6 Å². The van der Waals surface area contributed by atoms with Crippen LogP contribution in [0.4, 0.5) is 0 Å². The standard InChI is InChI=1S/C18H24N2O5S2/c1-25-15-4-6-16(7-5-15)27(23,24)19-10-8-18(9-11-19)20(12-14-2-3-14)17(21)13-26(18)22/h4-7,14H,2-3,8-13H2,1H3. The minimum atomic E-state index is -3.62. The van der Waals surface area contributed by atoms with Crippen LogP contribution in [0.5, 0.6) is 5.75 Å². The molecular formula is C18H24N2O5S2. The van der Waals surface area contributed by atoms with Crippen molar-refractivity contribution >= 4 is 26.7 Å². The maximum atomic E-state index is 12.9. The predicted octanol–water partition coefficient (Wildman–Crippen LogP) is 1.18. The van der Waals surface area contributed by atoms with Crippen molar-refractivity contribution in [2.24, 2.45) is 5.92 Å². The summed E-state index contributed by atoms with van der Waals surface area (Å²) in [6.07, 6.45) is 3.08. The van der Waals surface area contributed by atoms with Crippen molar-refractivity contribution in [2.45, 2.75) is 35.4 Å². The number of ether oxygens (including phenoxy) is 1. The molecule has 1 atom stereocenters. The van der Waals surface area contributed by atoms with E-state index in [0.717, 1.165) is 12.8 Å². The summed E-state index contributed by atoms with van der Waals surface area (Å²) in [6.45, 7) is 1.21. The topological polar surface area (TPSA) is 84.0 Å². The predicted molar refractivity (Wildman–Crippen MR) is 101 cm³/mol. The molecule has 0 radical (unpaired) electrons. The molecule has 1 saturated carbocycles. The van der Waals surface area contributed by atoms with Crippen LogP contribution in [0.1, 0.15) is 25.7 Å². The van der Waals surface area contributed by atoms with Crippen LogP contribution >= 0.6 is 0 Å². The molecule has 4 rings (SSSR count). The second-order valence-corrected chi connectivity index (χ2v) is 11.1. The van der Waals surface area contributed by atoms with Gasteiger partial charge in [-0.2, -0.15) is 4.31 Å². The smallest absolute Gasteiger partial charge is 0.243 e. The third-order valence-electron chi connectivity index (χ3n) is 5.81. The van der Waals surface area contributed by atoms with E-state index in [1.807, 2.05) is 0 Å². The summed E-state index contributed by atoms with van der Waals surface area (Å²) in [5.74, 6) is 1.13. The number of rotatable bonds is 5. The number of hydrogen-bond donors (Lipinski definition) is 0. The zero-order valence-electron chi connectivity index (χ0n) is 15.3. The molecule has 1 aromatic rings. The van der Waals surface area contributed by atoms with Gasteiger partial charge in [-0.1, -0.05) is 0 Å². The number of methoxy groups -OCH3 is 1. The number of carbonyl (C=O) groups is 1. The van der Waals surface area contributed by atoms with Crippen LogP contribution in [-0.4, -0.2) is 65.1 Å². The summed E-state index contributed by atoms with van der Waals surface area (Å²) < 4.78 is 45.1. The molecule has 2 saturated heterocycles. The van der Waals surface area contributed by atoms with Crippen LogP contribution in [0.15, 0.2) is 29.2 Å². The minimum absolute atomic E-state index is 0.0494. The van der Waals surface area contributed by atoms with Gasteiger partial charge < -0.3 is 9.64 Å². The average Bonchev–Trinajstić information content (AvgIpc) is 3.46. The van der Waals surface area contributed by atoms with Crippen molar-refractivity contribution in [1.29, 1.82) is 0 Å². The van der Waals surface area contributed by atoms with Crippen molar-refractivity contribution in [3.8, 4) is 5.75 Å². The Morgan fingerprint density at radius 3 is 2.37 bits per heavy atom. The van der Waals surface area contributed by atoms with Gasteiger partial charge in [-0.05, 0) is 55.9 Å². The first kappa shape index (κ1) is 18.9. The SMILES string of the molecule is COc1ccc(S(=O)(=O)N2CCC3(CC2)N(CC2CC2)C(=O)CS3=O)cc1. The number of nitrogens with zero attached hydrogens (tertiary/aromatic N) is 2. The van der Waals surface area contributed by atoms with Crippen LogP contribution in [0.3, 0.4) is 0 Å². The Bertz CT molecular complexity index is 856. The van der Waals surface area contributed by atoms with E-state index in [9.17, 15) is 17.4 Å². The number of benzene rings is 1. The molecule has 1 unspecified atom stereocenters. The van der Waals surface area contributed by atoms with Gasteiger partial charge in [-0.3, -0.25) is 9.00 Å². The second kappa shape index (κ2) is 6.86. The van der Waals surface area contributed by atoms with E-state index < -0.39 is 25.7 Å². The highest BCUT2D eigenvalue weighted by atomic mass is 32.2. The summed E-state index contributed by atoms with van der Waals surface area (Å²) in [6, 6.07) is 6.32. The third-order valence-corrected chi connectivity index (χ3v) is 9.71. The molecule has 3 aliphatic rings. The first-order valence-corrected chi connectivity index (χ1v) is 12.0. The Kier molecular flexibility index (Phi) is 4.80. The maximum absolute atomic E-state index is 12.9. The first-order chi connectivity index (χ1) is 12.9. The molecule has 7 nitrogen and oxygen atoms in total. The fourth-order valence-electron chi connectivity index (χ4n) is 3.97. The molecule has 1 aromatic carbocycles. The lowest BCUT2D eigenvalue weighted by Crippen LogP contribution is -2.56. The van der Waals surface area contributed by atoms with E-state index in [2.05, 4.69) is 0 Å². The Morgan fingerprint density at radius 2 is 1.81 bits per heavy atom. The molecule has 27 heavy (non-hydrogen) atoms. The largest absolute Gasteiger partial charge is 0.497 e. The average molecular weight is 413 g/mol. The summed E-state index contributed by atoms with van der Waals surface area (Å²) in [5, 5.41) is 0. The number of amides is 1. The fraction of sp³-hybridized carbons (Fsp3) is 0.611. The van der Waals surface area contributed by atoms with Gasteiger partial charge in [-0.15, -0.1) is 0 Å².